The highest BCUT2D eigenvalue weighted by molar-refractivity contribution is 5.96. The monoisotopic (exact) mass is 851 g/mol. The second-order valence-electron chi connectivity index (χ2n) is 17.7. The third kappa shape index (κ3) is 7.31. The number of hydrogen-bond donors (Lipinski definition) is 3. The van der Waals surface area contributed by atoms with E-state index in [0.717, 1.165) is 6.92 Å². The summed E-state index contributed by atoms with van der Waals surface area (Å²) in [6, 6.07) is 24.5. The van der Waals surface area contributed by atoms with E-state index in [1.54, 1.807) is 107 Å². The number of Topliss-reactive ketones (excluding diaryl/α,β-unsaturated/α-hetero) is 1. The van der Waals surface area contributed by atoms with Gasteiger partial charge in [0, 0.05) is 37.7 Å². The van der Waals surface area contributed by atoms with Crippen LogP contribution in [0.5, 0.6) is 0 Å². The highest BCUT2D eigenvalue weighted by Gasteiger charge is 2.78. The van der Waals surface area contributed by atoms with Crippen molar-refractivity contribution in [3.63, 3.8) is 0 Å². The number of benzene rings is 3. The van der Waals surface area contributed by atoms with Crippen LogP contribution in [0.15, 0.2) is 102 Å². The van der Waals surface area contributed by atoms with Gasteiger partial charge in [-0.3, -0.25) is 24.0 Å². The normalized spacial score (nSPS) is 31.9. The predicted octanol–water partition coefficient (Wildman–Crippen LogP) is 5.01. The van der Waals surface area contributed by atoms with Crippen molar-refractivity contribution in [2.75, 3.05) is 6.61 Å². The first kappa shape index (κ1) is 44.4. The highest BCUT2D eigenvalue weighted by Crippen LogP contribution is 2.64. The van der Waals surface area contributed by atoms with Gasteiger partial charge in [0.15, 0.2) is 17.5 Å². The minimum atomic E-state index is -2.31. The summed E-state index contributed by atoms with van der Waals surface area (Å²) in [5, 5.41) is 28.8. The van der Waals surface area contributed by atoms with Crippen LogP contribution < -0.4 is 5.32 Å². The number of carbonyl (C=O) groups excluding carboxylic acids is 6. The van der Waals surface area contributed by atoms with Crippen molar-refractivity contribution in [3.05, 3.63) is 119 Å². The van der Waals surface area contributed by atoms with Crippen molar-refractivity contribution in [1.29, 1.82) is 0 Å². The van der Waals surface area contributed by atoms with Gasteiger partial charge in [-0.1, -0.05) is 80.6 Å². The fourth-order valence-electron chi connectivity index (χ4n) is 10.4. The lowest BCUT2D eigenvalue weighted by Crippen LogP contribution is -2.82. The molecule has 2 saturated carbocycles. The number of ether oxygens (including phenoxy) is 5. The molecule has 1 heterocycles. The van der Waals surface area contributed by atoms with Crippen LogP contribution in [-0.2, 0) is 42.9 Å². The average Bonchev–Trinajstić information content (AvgIpc) is 3.24. The van der Waals surface area contributed by atoms with Crippen LogP contribution in [0.3, 0.4) is 0 Å². The molecule has 3 aromatic carbocycles. The van der Waals surface area contributed by atoms with Gasteiger partial charge in [0.2, 0.25) is 0 Å². The Hall–Kier alpha value is -5.70. The van der Waals surface area contributed by atoms with Crippen LogP contribution >= 0.6 is 0 Å². The number of amides is 1. The van der Waals surface area contributed by atoms with E-state index in [4.69, 9.17) is 23.7 Å². The van der Waals surface area contributed by atoms with Crippen LogP contribution in [0, 0.1) is 22.7 Å². The number of ketones is 1. The molecule has 1 saturated heterocycles. The molecule has 3 aromatic rings. The molecule has 7 rings (SSSR count). The van der Waals surface area contributed by atoms with Gasteiger partial charge in [0.1, 0.15) is 23.9 Å². The number of hydrogen-bond acceptors (Lipinski definition) is 13. The number of carbonyl (C=O) groups is 6. The van der Waals surface area contributed by atoms with Crippen molar-refractivity contribution < 1.29 is 62.7 Å². The van der Waals surface area contributed by atoms with Gasteiger partial charge in [0.05, 0.1) is 41.6 Å². The summed E-state index contributed by atoms with van der Waals surface area (Å²) in [6.07, 6.45) is -7.99. The van der Waals surface area contributed by atoms with Gasteiger partial charge in [-0.25, -0.2) is 4.79 Å². The van der Waals surface area contributed by atoms with E-state index >= 15 is 4.79 Å². The molecule has 2 unspecified atom stereocenters. The van der Waals surface area contributed by atoms with Crippen LogP contribution in [-0.4, -0.2) is 94.1 Å². The molecule has 3 aliphatic carbocycles. The van der Waals surface area contributed by atoms with E-state index in [1.807, 2.05) is 0 Å². The number of fused-ring (bicyclic) bond motifs is 5. The molecule has 0 spiro atoms. The summed E-state index contributed by atoms with van der Waals surface area (Å²) in [5.41, 5.74) is -6.21. The smallest absolute Gasteiger partial charge is 0.338 e. The van der Waals surface area contributed by atoms with E-state index in [9.17, 15) is 34.2 Å². The molecule has 0 radical (unpaired) electrons. The van der Waals surface area contributed by atoms with Gasteiger partial charge in [0.25, 0.3) is 5.91 Å². The van der Waals surface area contributed by atoms with Crippen LogP contribution in [0.2, 0.25) is 0 Å². The zero-order chi connectivity index (χ0) is 44.9. The summed E-state index contributed by atoms with van der Waals surface area (Å²) in [5.74, 6) is -7.07. The van der Waals surface area contributed by atoms with E-state index in [-0.39, 0.29) is 29.7 Å². The Morgan fingerprint density at radius 1 is 0.823 bits per heavy atom. The summed E-state index contributed by atoms with van der Waals surface area (Å²) in [7, 11) is 0. The SMILES string of the molecule is CC(=O)O[C@H]1C(=O)[C@@]2(C)C([C@H](OC(=O)c3ccccc3)[C@]3(O)C[C@H](OC(=O)C(C)[C@@H](NC(=O)c4ccccc4)c4ccccc4)C(C)=C1C3(C)C)[C@]1(OC(C)=O)CO[C@@H]1C[C@@H]2O. The van der Waals surface area contributed by atoms with Crippen LogP contribution in [0.1, 0.15) is 93.6 Å². The molecule has 14 nitrogen and oxygen atoms in total. The van der Waals surface area contributed by atoms with Crippen molar-refractivity contribution in [3.8, 4) is 0 Å². The summed E-state index contributed by atoms with van der Waals surface area (Å²) in [6.45, 7) is 9.87. The fourth-order valence-corrected chi connectivity index (χ4v) is 10.4. The maximum absolute atomic E-state index is 15.5. The number of rotatable bonds is 10. The number of aliphatic hydroxyl groups excluding tert-OH is 1. The molecule has 328 valence electrons. The third-order valence-electron chi connectivity index (χ3n) is 13.8. The van der Waals surface area contributed by atoms with Crippen molar-refractivity contribution >= 4 is 35.6 Å². The summed E-state index contributed by atoms with van der Waals surface area (Å²) >= 11 is 0. The second-order valence-corrected chi connectivity index (χ2v) is 17.7. The van der Waals surface area contributed by atoms with E-state index in [1.165, 1.54) is 26.0 Å². The van der Waals surface area contributed by atoms with E-state index in [0.29, 0.717) is 11.1 Å². The molecule has 0 aromatic heterocycles. The van der Waals surface area contributed by atoms with Gasteiger partial charge < -0.3 is 39.2 Å². The fraction of sp³-hybridized carbons (Fsp3) is 0.458. The largest absolute Gasteiger partial charge is 0.457 e. The maximum atomic E-state index is 15.5. The Morgan fingerprint density at radius 3 is 1.95 bits per heavy atom. The third-order valence-corrected chi connectivity index (χ3v) is 13.8. The van der Waals surface area contributed by atoms with Crippen molar-refractivity contribution in [1.82, 2.24) is 5.32 Å². The van der Waals surface area contributed by atoms with Crippen LogP contribution in [0.25, 0.3) is 0 Å². The highest BCUT2D eigenvalue weighted by atomic mass is 16.6. The maximum Gasteiger partial charge on any atom is 0.338 e. The minimum absolute atomic E-state index is 0.0787. The number of aliphatic hydroxyl groups is 2. The first-order valence-corrected chi connectivity index (χ1v) is 20.8. The van der Waals surface area contributed by atoms with E-state index < -0.39 is 112 Å². The summed E-state index contributed by atoms with van der Waals surface area (Å²) in [4.78, 5) is 83.9. The lowest BCUT2D eigenvalue weighted by Gasteiger charge is -2.67. The van der Waals surface area contributed by atoms with Crippen molar-refractivity contribution in [2.45, 2.75) is 109 Å². The van der Waals surface area contributed by atoms with Gasteiger partial charge in [-0.15, -0.1) is 0 Å². The predicted molar refractivity (Wildman–Crippen MR) is 221 cm³/mol. The molecule has 4 aliphatic rings. The molecule has 62 heavy (non-hydrogen) atoms. The number of esters is 4. The molecule has 1 aliphatic heterocycles. The van der Waals surface area contributed by atoms with E-state index in [2.05, 4.69) is 5.32 Å². The second kappa shape index (κ2) is 16.5. The molecule has 11 atom stereocenters. The lowest BCUT2D eigenvalue weighted by atomic mass is 9.44. The molecule has 3 fully saturated rings. The molecule has 3 N–H and O–H groups in total. The van der Waals surface area contributed by atoms with Crippen molar-refractivity contribution in [2.24, 2.45) is 22.7 Å². The van der Waals surface area contributed by atoms with Gasteiger partial charge in [-0.05, 0) is 61.7 Å². The lowest BCUT2D eigenvalue weighted by molar-refractivity contribution is -0.346. The minimum Gasteiger partial charge on any atom is -0.457 e. The zero-order valence-electron chi connectivity index (χ0n) is 35.8. The van der Waals surface area contributed by atoms with Gasteiger partial charge >= 0.3 is 23.9 Å². The van der Waals surface area contributed by atoms with Crippen LogP contribution in [0.4, 0.5) is 0 Å². The molecule has 1 amide bonds. The van der Waals surface area contributed by atoms with Gasteiger partial charge in [-0.2, -0.15) is 0 Å². The first-order chi connectivity index (χ1) is 29.3. The Bertz CT molecular complexity index is 2280. The number of nitrogens with one attached hydrogen (secondary N) is 1. The topological polar surface area (TPSA) is 201 Å². The Labute approximate surface area is 359 Å². The standard InChI is InChI=1S/C48H53NO13/c1-26-33(60-43(55)27(2)37(30-17-11-8-12-18-30)49-42(54)31-19-13-9-14-20-31)24-48(57)41(61-44(56)32-21-15-10-16-22-32)39-46(7,34(52)23-35-47(39,25-58-35)62-29(4)51)40(53)38(59-28(3)50)36(26)45(48,5)6/h8-22,27,33-35,37-39,41,52,57H,23-25H2,1-7H3,(H,49,54)/t27?,33-,34-,35+,37+,38+,39?,41-,46+,47-,48+/m0/s1. The molecule has 14 heteroatoms. The quantitative estimate of drug-likeness (QED) is 0.140. The Balaban J connectivity index is 1.39. The molecule has 2 bridgehead atoms. The average molecular weight is 852 g/mol. The Morgan fingerprint density at radius 2 is 1.40 bits per heavy atom. The Kier molecular flexibility index (Phi) is 11.8. The molecular formula is C48H53NO13. The summed E-state index contributed by atoms with van der Waals surface area (Å²) < 4.78 is 30.7. The first-order valence-electron chi connectivity index (χ1n) is 20.8. The molecular weight excluding hydrogens is 799 g/mol. The zero-order valence-corrected chi connectivity index (χ0v) is 35.8.